The average molecular weight is 350 g/mol. The largest absolute Gasteiger partial charge is 0.493 e. The third-order valence-electron chi connectivity index (χ3n) is 4.18. The van der Waals surface area contributed by atoms with Crippen LogP contribution in [0.15, 0.2) is 60.7 Å². The normalized spacial score (nSPS) is 11.7. The van der Waals surface area contributed by atoms with Crippen molar-refractivity contribution in [3.8, 4) is 11.5 Å². The molecule has 0 saturated heterocycles. The molecule has 0 aliphatic heterocycles. The van der Waals surface area contributed by atoms with Gasteiger partial charge in [0.15, 0.2) is 11.5 Å². The molecule has 0 fully saturated rings. The molecule has 5 nitrogen and oxygen atoms in total. The zero-order chi connectivity index (χ0) is 18.5. The van der Waals surface area contributed by atoms with Crippen LogP contribution in [0.25, 0.3) is 10.8 Å². The Kier molecular flexibility index (Phi) is 5.27. The molecule has 0 saturated carbocycles. The molecular weight excluding hydrogens is 328 g/mol. The highest BCUT2D eigenvalue weighted by Gasteiger charge is 2.14. The lowest BCUT2D eigenvalue weighted by Gasteiger charge is -2.17. The standard InChI is InChI=1S/C21H22N2O3/c1-14(22-18-10-11-19(25-2)20(13-18)26-3)21(24)23-17-9-8-15-6-4-5-7-16(15)12-17/h4-14,22H,1-3H3,(H,23,24)/t14-/m0/s1. The van der Waals surface area contributed by atoms with Gasteiger partial charge in [0, 0.05) is 17.4 Å². The number of benzene rings is 3. The van der Waals surface area contributed by atoms with Crippen LogP contribution in [0.5, 0.6) is 11.5 Å². The molecule has 0 aliphatic rings. The molecule has 3 aromatic rings. The summed E-state index contributed by atoms with van der Waals surface area (Å²) in [5.41, 5.74) is 1.55. The van der Waals surface area contributed by atoms with Crippen LogP contribution in [-0.4, -0.2) is 26.2 Å². The van der Waals surface area contributed by atoms with Crippen molar-refractivity contribution < 1.29 is 14.3 Å². The first-order valence-electron chi connectivity index (χ1n) is 8.39. The summed E-state index contributed by atoms with van der Waals surface area (Å²) in [5, 5.41) is 8.35. The van der Waals surface area contributed by atoms with Gasteiger partial charge in [-0.05, 0) is 42.0 Å². The molecule has 0 aliphatic carbocycles. The lowest BCUT2D eigenvalue weighted by Crippen LogP contribution is -2.31. The van der Waals surface area contributed by atoms with E-state index in [4.69, 9.17) is 9.47 Å². The van der Waals surface area contributed by atoms with Gasteiger partial charge in [-0.25, -0.2) is 0 Å². The van der Waals surface area contributed by atoms with E-state index < -0.39 is 6.04 Å². The van der Waals surface area contributed by atoms with E-state index in [0.717, 1.165) is 22.1 Å². The average Bonchev–Trinajstić information content (AvgIpc) is 2.67. The van der Waals surface area contributed by atoms with E-state index in [1.54, 1.807) is 26.4 Å². The molecule has 0 bridgehead atoms. The maximum atomic E-state index is 12.5. The first kappa shape index (κ1) is 17.6. The third-order valence-corrected chi connectivity index (χ3v) is 4.18. The predicted octanol–water partition coefficient (Wildman–Crippen LogP) is 4.30. The molecule has 26 heavy (non-hydrogen) atoms. The monoisotopic (exact) mass is 350 g/mol. The van der Waals surface area contributed by atoms with Gasteiger partial charge in [-0.3, -0.25) is 4.79 Å². The van der Waals surface area contributed by atoms with Crippen LogP contribution in [0.2, 0.25) is 0 Å². The van der Waals surface area contributed by atoms with Gasteiger partial charge in [-0.2, -0.15) is 0 Å². The fourth-order valence-corrected chi connectivity index (χ4v) is 2.76. The maximum absolute atomic E-state index is 12.5. The van der Waals surface area contributed by atoms with Crippen molar-refractivity contribution in [2.75, 3.05) is 24.9 Å². The molecule has 0 heterocycles. The van der Waals surface area contributed by atoms with Gasteiger partial charge in [0.2, 0.25) is 5.91 Å². The van der Waals surface area contributed by atoms with Crippen LogP contribution in [0.4, 0.5) is 11.4 Å². The van der Waals surface area contributed by atoms with E-state index >= 15 is 0 Å². The lowest BCUT2D eigenvalue weighted by molar-refractivity contribution is -0.116. The molecule has 3 aromatic carbocycles. The molecule has 0 spiro atoms. The Morgan fingerprint density at radius 2 is 1.54 bits per heavy atom. The van der Waals surface area contributed by atoms with Gasteiger partial charge in [0.05, 0.1) is 14.2 Å². The van der Waals surface area contributed by atoms with E-state index in [2.05, 4.69) is 10.6 Å². The SMILES string of the molecule is COc1ccc(N[C@@H](C)C(=O)Nc2ccc3ccccc3c2)cc1OC. The first-order valence-corrected chi connectivity index (χ1v) is 8.39. The Labute approximate surface area is 152 Å². The van der Waals surface area contributed by atoms with Gasteiger partial charge in [-0.15, -0.1) is 0 Å². The van der Waals surface area contributed by atoms with Crippen molar-refractivity contribution in [1.82, 2.24) is 0 Å². The fraction of sp³-hybridized carbons (Fsp3) is 0.190. The molecule has 2 N–H and O–H groups in total. The number of rotatable bonds is 6. The first-order chi connectivity index (χ1) is 12.6. The number of hydrogen-bond donors (Lipinski definition) is 2. The van der Waals surface area contributed by atoms with Gasteiger partial charge < -0.3 is 20.1 Å². The van der Waals surface area contributed by atoms with E-state index in [9.17, 15) is 4.79 Å². The number of fused-ring (bicyclic) bond motifs is 1. The molecule has 134 valence electrons. The summed E-state index contributed by atoms with van der Waals surface area (Å²) >= 11 is 0. The van der Waals surface area contributed by atoms with Crippen LogP contribution in [0.3, 0.4) is 0 Å². The van der Waals surface area contributed by atoms with Crippen LogP contribution in [0.1, 0.15) is 6.92 Å². The predicted molar refractivity (Wildman–Crippen MR) is 105 cm³/mol. The summed E-state index contributed by atoms with van der Waals surface area (Å²) in [4.78, 5) is 12.5. The topological polar surface area (TPSA) is 59.6 Å². The molecule has 1 atom stereocenters. The number of carbonyl (C=O) groups excluding carboxylic acids is 1. The summed E-state index contributed by atoms with van der Waals surface area (Å²) < 4.78 is 10.5. The van der Waals surface area contributed by atoms with E-state index in [0.29, 0.717) is 11.5 Å². The van der Waals surface area contributed by atoms with Crippen LogP contribution in [0, 0.1) is 0 Å². The van der Waals surface area contributed by atoms with Gasteiger partial charge in [0.1, 0.15) is 6.04 Å². The van der Waals surface area contributed by atoms with Crippen LogP contribution >= 0.6 is 0 Å². The van der Waals surface area contributed by atoms with Gasteiger partial charge in [0.25, 0.3) is 0 Å². The highest BCUT2D eigenvalue weighted by Crippen LogP contribution is 2.30. The summed E-state index contributed by atoms with van der Waals surface area (Å²) in [6.45, 7) is 1.81. The molecular formula is C21H22N2O3. The number of amides is 1. The van der Waals surface area contributed by atoms with Gasteiger partial charge >= 0.3 is 0 Å². The molecule has 1 amide bonds. The highest BCUT2D eigenvalue weighted by atomic mass is 16.5. The summed E-state index contributed by atoms with van der Waals surface area (Å²) in [6.07, 6.45) is 0. The number of anilines is 2. The zero-order valence-electron chi connectivity index (χ0n) is 15.1. The second kappa shape index (κ2) is 7.78. The molecule has 3 rings (SSSR count). The number of carbonyl (C=O) groups is 1. The molecule has 5 heteroatoms. The minimum atomic E-state index is -0.417. The lowest BCUT2D eigenvalue weighted by atomic mass is 10.1. The van der Waals surface area contributed by atoms with Crippen molar-refractivity contribution in [1.29, 1.82) is 0 Å². The van der Waals surface area contributed by atoms with E-state index in [-0.39, 0.29) is 5.91 Å². The Morgan fingerprint density at radius 3 is 2.27 bits per heavy atom. The Hall–Kier alpha value is -3.21. The highest BCUT2D eigenvalue weighted by molar-refractivity contribution is 5.98. The number of hydrogen-bond acceptors (Lipinski definition) is 4. The maximum Gasteiger partial charge on any atom is 0.246 e. The number of nitrogens with one attached hydrogen (secondary N) is 2. The zero-order valence-corrected chi connectivity index (χ0v) is 15.1. The summed E-state index contributed by atoms with van der Waals surface area (Å²) in [5.74, 6) is 1.14. The van der Waals surface area contributed by atoms with E-state index in [1.165, 1.54) is 0 Å². The van der Waals surface area contributed by atoms with Crippen molar-refractivity contribution in [2.45, 2.75) is 13.0 Å². The molecule has 0 unspecified atom stereocenters. The minimum Gasteiger partial charge on any atom is -0.493 e. The van der Waals surface area contributed by atoms with Crippen LogP contribution in [-0.2, 0) is 4.79 Å². The van der Waals surface area contributed by atoms with E-state index in [1.807, 2.05) is 55.5 Å². The minimum absolute atomic E-state index is 0.116. The van der Waals surface area contributed by atoms with Crippen molar-refractivity contribution in [3.05, 3.63) is 60.7 Å². The van der Waals surface area contributed by atoms with Gasteiger partial charge in [-0.1, -0.05) is 30.3 Å². The van der Waals surface area contributed by atoms with Crippen molar-refractivity contribution in [2.24, 2.45) is 0 Å². The second-order valence-corrected chi connectivity index (χ2v) is 5.99. The second-order valence-electron chi connectivity index (χ2n) is 5.99. The smallest absolute Gasteiger partial charge is 0.246 e. The summed E-state index contributed by atoms with van der Waals surface area (Å²) in [7, 11) is 3.17. The van der Waals surface area contributed by atoms with Crippen molar-refractivity contribution >= 4 is 28.1 Å². The summed E-state index contributed by atoms with van der Waals surface area (Å²) in [6, 6.07) is 19.0. The fourth-order valence-electron chi connectivity index (χ4n) is 2.76. The Balaban J connectivity index is 1.69. The van der Waals surface area contributed by atoms with Crippen LogP contribution < -0.4 is 20.1 Å². The Bertz CT molecular complexity index is 924. The molecule has 0 aromatic heterocycles. The third kappa shape index (κ3) is 3.88. The number of ether oxygens (including phenoxy) is 2. The van der Waals surface area contributed by atoms with Crippen molar-refractivity contribution in [3.63, 3.8) is 0 Å². The Morgan fingerprint density at radius 1 is 0.846 bits per heavy atom. The number of methoxy groups -OCH3 is 2. The molecule has 0 radical (unpaired) electrons. The quantitative estimate of drug-likeness (QED) is 0.696.